The van der Waals surface area contributed by atoms with Crippen molar-refractivity contribution in [3.05, 3.63) is 34.6 Å². The summed E-state index contributed by atoms with van der Waals surface area (Å²) in [7, 11) is 1.71. The van der Waals surface area contributed by atoms with E-state index < -0.39 is 0 Å². The van der Waals surface area contributed by atoms with Gasteiger partial charge in [0.2, 0.25) is 0 Å². The maximum absolute atomic E-state index is 13.1. The number of rotatable bonds is 7. The number of methoxy groups -OCH3 is 1. The highest BCUT2D eigenvalue weighted by molar-refractivity contribution is 6.30. The van der Waals surface area contributed by atoms with Gasteiger partial charge in [-0.15, -0.1) is 0 Å². The summed E-state index contributed by atoms with van der Waals surface area (Å²) in [6.07, 6.45) is 1.94. The molecule has 0 heterocycles. The molecule has 2 unspecified atom stereocenters. The Kier molecular flexibility index (Phi) is 6.61. The Bertz CT molecular complexity index is 373. The summed E-state index contributed by atoms with van der Waals surface area (Å²) in [5.74, 6) is -0.370. The van der Waals surface area contributed by atoms with Crippen molar-refractivity contribution in [1.82, 2.24) is 5.32 Å². The lowest BCUT2D eigenvalue weighted by molar-refractivity contribution is 0.101. The van der Waals surface area contributed by atoms with Crippen LogP contribution in [0.2, 0.25) is 5.02 Å². The molecule has 0 aliphatic rings. The molecular formula is C14H21ClFNO. The molecule has 0 amide bonds. The fourth-order valence-corrected chi connectivity index (χ4v) is 2.18. The summed E-state index contributed by atoms with van der Waals surface area (Å²) < 4.78 is 18.4. The van der Waals surface area contributed by atoms with Crippen molar-refractivity contribution >= 4 is 11.6 Å². The molecule has 1 aromatic rings. The minimum Gasteiger partial charge on any atom is -0.382 e. The van der Waals surface area contributed by atoms with Crippen molar-refractivity contribution in [2.24, 2.45) is 0 Å². The molecule has 102 valence electrons. The van der Waals surface area contributed by atoms with Crippen LogP contribution in [0, 0.1) is 5.82 Å². The standard InChI is InChI=1S/C14H21ClFNO/c1-4-17-12(7-10(2)18-3)8-11-5-6-14(16)13(15)9-11/h5-6,9-10,12,17H,4,7-8H2,1-3H3. The highest BCUT2D eigenvalue weighted by atomic mass is 35.5. The van der Waals surface area contributed by atoms with E-state index in [1.54, 1.807) is 19.2 Å². The van der Waals surface area contributed by atoms with Crippen LogP contribution < -0.4 is 5.32 Å². The Balaban J connectivity index is 2.66. The first kappa shape index (κ1) is 15.4. The molecule has 0 saturated carbocycles. The zero-order valence-corrected chi connectivity index (χ0v) is 11.9. The van der Waals surface area contributed by atoms with Crippen LogP contribution in [-0.2, 0) is 11.2 Å². The summed E-state index contributed by atoms with van der Waals surface area (Å²) >= 11 is 5.79. The number of benzene rings is 1. The topological polar surface area (TPSA) is 21.3 Å². The third kappa shape index (κ3) is 4.92. The van der Waals surface area contributed by atoms with Crippen LogP contribution in [0.5, 0.6) is 0 Å². The number of ether oxygens (including phenoxy) is 1. The van der Waals surface area contributed by atoms with Crippen LogP contribution in [-0.4, -0.2) is 25.8 Å². The Morgan fingerprint density at radius 2 is 2.17 bits per heavy atom. The van der Waals surface area contributed by atoms with Gasteiger partial charge in [0.05, 0.1) is 11.1 Å². The van der Waals surface area contributed by atoms with E-state index in [1.807, 2.05) is 6.92 Å². The quantitative estimate of drug-likeness (QED) is 0.822. The molecule has 0 bridgehead atoms. The van der Waals surface area contributed by atoms with Gasteiger partial charge in [-0.1, -0.05) is 24.6 Å². The number of hydrogen-bond donors (Lipinski definition) is 1. The predicted molar refractivity (Wildman–Crippen MR) is 73.7 cm³/mol. The normalized spacial score (nSPS) is 14.5. The third-order valence-electron chi connectivity index (χ3n) is 2.98. The van der Waals surface area contributed by atoms with Crippen molar-refractivity contribution in [3.63, 3.8) is 0 Å². The van der Waals surface area contributed by atoms with Gasteiger partial charge in [-0.2, -0.15) is 0 Å². The summed E-state index contributed by atoms with van der Waals surface area (Å²) in [4.78, 5) is 0. The Labute approximate surface area is 113 Å². The van der Waals surface area contributed by atoms with Gasteiger partial charge in [-0.25, -0.2) is 4.39 Å². The molecule has 1 aromatic carbocycles. The second-order valence-electron chi connectivity index (χ2n) is 4.49. The minimum absolute atomic E-state index is 0.183. The lowest BCUT2D eigenvalue weighted by Crippen LogP contribution is -2.34. The molecule has 4 heteroatoms. The highest BCUT2D eigenvalue weighted by Gasteiger charge is 2.13. The molecule has 1 rings (SSSR count). The number of halogens is 2. The van der Waals surface area contributed by atoms with E-state index >= 15 is 0 Å². The molecule has 1 N–H and O–H groups in total. The summed E-state index contributed by atoms with van der Waals surface area (Å²) in [5.41, 5.74) is 1.04. The third-order valence-corrected chi connectivity index (χ3v) is 3.27. The van der Waals surface area contributed by atoms with Crippen molar-refractivity contribution in [1.29, 1.82) is 0 Å². The zero-order chi connectivity index (χ0) is 13.5. The summed E-state index contributed by atoms with van der Waals surface area (Å²) in [6, 6.07) is 5.20. The van der Waals surface area contributed by atoms with Gasteiger partial charge in [0.15, 0.2) is 0 Å². The average Bonchev–Trinajstić information content (AvgIpc) is 2.34. The fraction of sp³-hybridized carbons (Fsp3) is 0.571. The van der Waals surface area contributed by atoms with Gasteiger partial charge < -0.3 is 10.1 Å². The van der Waals surface area contributed by atoms with Gasteiger partial charge in [0.25, 0.3) is 0 Å². The maximum atomic E-state index is 13.1. The van der Waals surface area contributed by atoms with Gasteiger partial charge >= 0.3 is 0 Å². The van der Waals surface area contributed by atoms with Crippen molar-refractivity contribution in [2.45, 2.75) is 38.8 Å². The molecule has 18 heavy (non-hydrogen) atoms. The lowest BCUT2D eigenvalue weighted by Gasteiger charge is -2.21. The first-order chi connectivity index (χ1) is 8.56. The first-order valence-corrected chi connectivity index (χ1v) is 6.64. The number of likely N-dealkylation sites (N-methyl/N-ethyl adjacent to an activating group) is 1. The van der Waals surface area contributed by atoms with E-state index in [4.69, 9.17) is 16.3 Å². The van der Waals surface area contributed by atoms with Crippen molar-refractivity contribution < 1.29 is 9.13 Å². The second kappa shape index (κ2) is 7.72. The molecule has 0 aliphatic heterocycles. The van der Waals surface area contributed by atoms with Crippen LogP contribution in [0.15, 0.2) is 18.2 Å². The highest BCUT2D eigenvalue weighted by Crippen LogP contribution is 2.18. The second-order valence-corrected chi connectivity index (χ2v) is 4.90. The van der Waals surface area contributed by atoms with Crippen molar-refractivity contribution in [3.8, 4) is 0 Å². The smallest absolute Gasteiger partial charge is 0.141 e. The molecule has 2 nitrogen and oxygen atoms in total. The first-order valence-electron chi connectivity index (χ1n) is 6.26. The van der Waals surface area contributed by atoms with E-state index in [2.05, 4.69) is 12.2 Å². The summed E-state index contributed by atoms with van der Waals surface area (Å²) in [5, 5.41) is 3.60. The Morgan fingerprint density at radius 1 is 1.44 bits per heavy atom. The number of nitrogens with one attached hydrogen (secondary N) is 1. The average molecular weight is 274 g/mol. The lowest BCUT2D eigenvalue weighted by atomic mass is 10.0. The minimum atomic E-state index is -0.370. The summed E-state index contributed by atoms with van der Waals surface area (Å²) in [6.45, 7) is 5.01. The largest absolute Gasteiger partial charge is 0.382 e. The molecule has 0 saturated heterocycles. The van der Waals surface area contributed by atoms with Crippen LogP contribution in [0.3, 0.4) is 0 Å². The number of hydrogen-bond acceptors (Lipinski definition) is 2. The van der Waals surface area contributed by atoms with Gasteiger partial charge in [-0.05, 0) is 44.0 Å². The Hall–Kier alpha value is -0.640. The van der Waals surface area contributed by atoms with E-state index in [0.717, 1.165) is 24.9 Å². The van der Waals surface area contributed by atoms with E-state index in [0.29, 0.717) is 6.04 Å². The Morgan fingerprint density at radius 3 is 2.72 bits per heavy atom. The maximum Gasteiger partial charge on any atom is 0.141 e. The molecule has 0 radical (unpaired) electrons. The monoisotopic (exact) mass is 273 g/mol. The van der Waals surface area contributed by atoms with Crippen LogP contribution in [0.25, 0.3) is 0 Å². The van der Waals surface area contributed by atoms with Gasteiger partial charge in [-0.3, -0.25) is 0 Å². The molecule has 0 aromatic heterocycles. The molecule has 0 spiro atoms. The van der Waals surface area contributed by atoms with Crippen LogP contribution in [0.1, 0.15) is 25.8 Å². The van der Waals surface area contributed by atoms with E-state index in [9.17, 15) is 4.39 Å². The van der Waals surface area contributed by atoms with Crippen LogP contribution in [0.4, 0.5) is 4.39 Å². The van der Waals surface area contributed by atoms with E-state index in [-0.39, 0.29) is 16.9 Å². The van der Waals surface area contributed by atoms with E-state index in [1.165, 1.54) is 6.07 Å². The molecule has 2 atom stereocenters. The fourth-order valence-electron chi connectivity index (χ4n) is 1.98. The molecule has 0 aliphatic carbocycles. The molecular weight excluding hydrogens is 253 g/mol. The van der Waals surface area contributed by atoms with Crippen molar-refractivity contribution in [2.75, 3.05) is 13.7 Å². The molecule has 0 fully saturated rings. The van der Waals surface area contributed by atoms with Crippen LogP contribution >= 0.6 is 11.6 Å². The van der Waals surface area contributed by atoms with Gasteiger partial charge in [0.1, 0.15) is 5.82 Å². The SMILES string of the molecule is CCNC(Cc1ccc(F)c(Cl)c1)CC(C)OC. The predicted octanol–water partition coefficient (Wildman–Crippen LogP) is 3.42. The van der Waals surface area contributed by atoms with Gasteiger partial charge in [0, 0.05) is 13.2 Å². The zero-order valence-electron chi connectivity index (χ0n) is 11.2.